The molecule has 1 aromatic rings. The molecule has 1 fully saturated rings. The van der Waals surface area contributed by atoms with E-state index < -0.39 is 21.8 Å². The molecule has 0 amide bonds. The number of carbonyl (C=O) groups is 1. The number of sulfonamides is 1. The van der Waals surface area contributed by atoms with Gasteiger partial charge in [0.05, 0.1) is 0 Å². The van der Waals surface area contributed by atoms with E-state index in [1.807, 2.05) is 7.05 Å². The van der Waals surface area contributed by atoms with Gasteiger partial charge in [0.1, 0.15) is 4.90 Å². The van der Waals surface area contributed by atoms with Gasteiger partial charge in [-0.05, 0) is 41.9 Å². The number of rotatable bonds is 5. The molecule has 112 valence electrons. The molecule has 2 rings (SSSR count). The summed E-state index contributed by atoms with van der Waals surface area (Å²) in [6, 6.07) is 0.996. The van der Waals surface area contributed by atoms with Gasteiger partial charge in [-0.25, -0.2) is 17.9 Å². The number of halogens is 1. The van der Waals surface area contributed by atoms with E-state index in [4.69, 9.17) is 9.52 Å². The summed E-state index contributed by atoms with van der Waals surface area (Å²) in [5.41, 5.74) is 0. The predicted octanol–water partition coefficient (Wildman–Crippen LogP) is 0.970. The molecular formula is C11H15BrN2O5S. The second kappa shape index (κ2) is 5.84. The zero-order valence-corrected chi connectivity index (χ0v) is 13.2. The molecule has 1 unspecified atom stereocenters. The molecule has 0 radical (unpaired) electrons. The van der Waals surface area contributed by atoms with Crippen LogP contribution in [-0.4, -0.2) is 51.1 Å². The molecule has 2 N–H and O–H groups in total. The second-order valence-corrected chi connectivity index (χ2v) is 7.28. The molecule has 1 atom stereocenters. The number of likely N-dealkylation sites (tertiary alicyclic amines) is 1. The van der Waals surface area contributed by atoms with Gasteiger partial charge in [0, 0.05) is 19.2 Å². The molecule has 0 aromatic carbocycles. The average molecular weight is 367 g/mol. The van der Waals surface area contributed by atoms with Crippen LogP contribution in [-0.2, 0) is 10.0 Å². The van der Waals surface area contributed by atoms with E-state index in [-0.39, 0.29) is 15.5 Å². The highest BCUT2D eigenvalue weighted by Gasteiger charge is 2.27. The number of nitrogens with one attached hydrogen (secondary N) is 1. The largest absolute Gasteiger partial charge is 0.475 e. The first-order valence-electron chi connectivity index (χ1n) is 6.00. The van der Waals surface area contributed by atoms with Gasteiger partial charge in [-0.2, -0.15) is 0 Å². The Morgan fingerprint density at radius 1 is 1.65 bits per heavy atom. The normalized spacial score (nSPS) is 20.4. The van der Waals surface area contributed by atoms with Crippen molar-refractivity contribution >= 4 is 31.9 Å². The van der Waals surface area contributed by atoms with Crippen LogP contribution in [0, 0.1) is 5.92 Å². The lowest BCUT2D eigenvalue weighted by Crippen LogP contribution is -2.30. The van der Waals surface area contributed by atoms with Gasteiger partial charge in [-0.3, -0.25) is 0 Å². The number of hydrogen-bond acceptors (Lipinski definition) is 5. The van der Waals surface area contributed by atoms with E-state index in [0.717, 1.165) is 25.6 Å². The van der Waals surface area contributed by atoms with Crippen molar-refractivity contribution in [3.05, 3.63) is 16.5 Å². The molecule has 1 aliphatic rings. The van der Waals surface area contributed by atoms with Crippen molar-refractivity contribution in [2.45, 2.75) is 11.3 Å². The number of carboxylic acid groups (broad SMARTS) is 1. The van der Waals surface area contributed by atoms with Crippen molar-refractivity contribution < 1.29 is 22.7 Å². The molecule has 1 aromatic heterocycles. The molecule has 1 aliphatic heterocycles. The van der Waals surface area contributed by atoms with E-state index in [1.165, 1.54) is 0 Å². The Bertz CT molecular complexity index is 612. The van der Waals surface area contributed by atoms with Crippen molar-refractivity contribution in [2.75, 3.05) is 26.7 Å². The van der Waals surface area contributed by atoms with E-state index in [2.05, 4.69) is 25.6 Å². The van der Waals surface area contributed by atoms with Crippen LogP contribution in [0.3, 0.4) is 0 Å². The third kappa shape index (κ3) is 3.40. The minimum atomic E-state index is -3.78. The summed E-state index contributed by atoms with van der Waals surface area (Å²) in [4.78, 5) is 12.7. The van der Waals surface area contributed by atoms with Crippen LogP contribution in [0.1, 0.15) is 17.0 Å². The molecule has 1 saturated heterocycles. The lowest BCUT2D eigenvalue weighted by molar-refractivity contribution is 0.0661. The van der Waals surface area contributed by atoms with E-state index in [0.29, 0.717) is 6.54 Å². The second-order valence-electron chi connectivity index (χ2n) is 4.82. The Morgan fingerprint density at radius 2 is 2.35 bits per heavy atom. The molecular weight excluding hydrogens is 352 g/mol. The Morgan fingerprint density at radius 3 is 2.85 bits per heavy atom. The van der Waals surface area contributed by atoms with E-state index in [1.54, 1.807) is 0 Å². The zero-order valence-electron chi connectivity index (χ0n) is 10.8. The minimum absolute atomic E-state index is 0.106. The van der Waals surface area contributed by atoms with Crippen LogP contribution in [0.2, 0.25) is 0 Å². The summed E-state index contributed by atoms with van der Waals surface area (Å²) < 4.78 is 31.5. The van der Waals surface area contributed by atoms with Crippen molar-refractivity contribution in [3.63, 3.8) is 0 Å². The fraction of sp³-hybridized carbons (Fsp3) is 0.545. The highest BCUT2D eigenvalue weighted by atomic mass is 79.9. The van der Waals surface area contributed by atoms with Crippen LogP contribution in [0.4, 0.5) is 0 Å². The zero-order chi connectivity index (χ0) is 14.9. The van der Waals surface area contributed by atoms with Crippen LogP contribution in [0.5, 0.6) is 0 Å². The molecule has 0 spiro atoms. The first kappa shape index (κ1) is 15.5. The van der Waals surface area contributed by atoms with Gasteiger partial charge >= 0.3 is 5.97 Å². The average Bonchev–Trinajstić information content (AvgIpc) is 2.93. The smallest absolute Gasteiger partial charge is 0.371 e. The van der Waals surface area contributed by atoms with Crippen LogP contribution in [0.15, 0.2) is 20.0 Å². The SMILES string of the molecule is CN1CCC(CNS(=O)(=O)c2cc(C(=O)O)oc2Br)C1. The maximum absolute atomic E-state index is 12.1. The van der Waals surface area contributed by atoms with Crippen molar-refractivity contribution in [2.24, 2.45) is 5.92 Å². The Balaban J connectivity index is 2.08. The van der Waals surface area contributed by atoms with Crippen LogP contribution >= 0.6 is 15.9 Å². The van der Waals surface area contributed by atoms with Crippen molar-refractivity contribution in [1.82, 2.24) is 9.62 Å². The number of furan rings is 1. The minimum Gasteiger partial charge on any atom is -0.475 e. The molecule has 7 nitrogen and oxygen atoms in total. The summed E-state index contributed by atoms with van der Waals surface area (Å²) in [6.07, 6.45) is 0.936. The fourth-order valence-electron chi connectivity index (χ4n) is 2.14. The Labute approximate surface area is 125 Å². The standard InChI is InChI=1S/C11H15BrN2O5S/c1-14-3-2-7(6-14)5-13-20(17,18)9-4-8(11(15)16)19-10(9)12/h4,7,13H,2-3,5-6H2,1H3,(H,15,16). The number of nitrogens with zero attached hydrogens (tertiary/aromatic N) is 1. The van der Waals surface area contributed by atoms with Gasteiger partial charge in [-0.15, -0.1) is 0 Å². The summed E-state index contributed by atoms with van der Waals surface area (Å²) >= 11 is 2.93. The molecule has 20 heavy (non-hydrogen) atoms. The highest BCUT2D eigenvalue weighted by Crippen LogP contribution is 2.26. The maximum atomic E-state index is 12.1. The van der Waals surface area contributed by atoms with Crippen molar-refractivity contribution in [1.29, 1.82) is 0 Å². The molecule has 0 saturated carbocycles. The maximum Gasteiger partial charge on any atom is 0.371 e. The summed E-state index contributed by atoms with van der Waals surface area (Å²) in [5.74, 6) is -1.47. The van der Waals surface area contributed by atoms with Gasteiger partial charge < -0.3 is 14.4 Å². The lowest BCUT2D eigenvalue weighted by atomic mass is 10.1. The monoisotopic (exact) mass is 366 g/mol. The Kier molecular flexibility index (Phi) is 4.52. The topological polar surface area (TPSA) is 99.9 Å². The van der Waals surface area contributed by atoms with E-state index >= 15 is 0 Å². The fourth-order valence-corrected chi connectivity index (χ4v) is 4.19. The molecule has 2 heterocycles. The summed E-state index contributed by atoms with van der Waals surface area (Å²) in [7, 11) is -1.79. The summed E-state index contributed by atoms with van der Waals surface area (Å²) in [6.45, 7) is 2.12. The lowest BCUT2D eigenvalue weighted by Gasteiger charge is -2.11. The summed E-state index contributed by atoms with van der Waals surface area (Å²) in [5, 5.41) is 8.78. The van der Waals surface area contributed by atoms with Crippen molar-refractivity contribution in [3.8, 4) is 0 Å². The quantitative estimate of drug-likeness (QED) is 0.805. The van der Waals surface area contributed by atoms with Gasteiger partial charge in [0.25, 0.3) is 0 Å². The third-order valence-corrected chi connectivity index (χ3v) is 5.49. The number of carboxylic acids is 1. The first-order valence-corrected chi connectivity index (χ1v) is 8.28. The molecule has 0 bridgehead atoms. The van der Waals surface area contributed by atoms with Gasteiger partial charge in [0.15, 0.2) is 4.67 Å². The third-order valence-electron chi connectivity index (χ3n) is 3.21. The van der Waals surface area contributed by atoms with Crippen LogP contribution < -0.4 is 4.72 Å². The van der Waals surface area contributed by atoms with Gasteiger partial charge in [-0.1, -0.05) is 0 Å². The first-order chi connectivity index (χ1) is 9.29. The number of hydrogen-bond donors (Lipinski definition) is 2. The number of aromatic carboxylic acids is 1. The van der Waals surface area contributed by atoms with Crippen LogP contribution in [0.25, 0.3) is 0 Å². The molecule has 0 aliphatic carbocycles. The molecule has 9 heteroatoms. The van der Waals surface area contributed by atoms with Gasteiger partial charge in [0.2, 0.25) is 15.8 Å². The highest BCUT2D eigenvalue weighted by molar-refractivity contribution is 9.10. The predicted molar refractivity (Wildman–Crippen MR) is 74.2 cm³/mol. The Hall–Kier alpha value is -0.900. The van der Waals surface area contributed by atoms with E-state index in [9.17, 15) is 13.2 Å².